The van der Waals surface area contributed by atoms with Crippen LogP contribution in [0.4, 0.5) is 4.39 Å². The Labute approximate surface area is 119 Å². The minimum atomic E-state index is -0.311. The second-order valence-electron chi connectivity index (χ2n) is 4.75. The maximum atomic E-state index is 13.3. The maximum Gasteiger partial charge on any atom is 0.125 e. The molecule has 1 rings (SSSR count). The first-order valence-corrected chi connectivity index (χ1v) is 6.77. The lowest BCUT2D eigenvalue weighted by atomic mass is 10.00. The molecule has 1 aromatic carbocycles. The van der Waals surface area contributed by atoms with E-state index in [1.165, 1.54) is 17.7 Å². The first-order chi connectivity index (χ1) is 9.02. The van der Waals surface area contributed by atoms with E-state index in [9.17, 15) is 4.39 Å². The Bertz CT molecular complexity index is 412. The van der Waals surface area contributed by atoms with Crippen LogP contribution in [0.25, 0.3) is 6.08 Å². The summed E-state index contributed by atoms with van der Waals surface area (Å²) in [5.74, 6) is 0.0753. The van der Waals surface area contributed by atoms with E-state index in [1.54, 1.807) is 13.2 Å². The van der Waals surface area contributed by atoms with Crippen LogP contribution in [0.2, 0.25) is 5.02 Å². The minimum Gasteiger partial charge on any atom is -0.383 e. The molecule has 0 heterocycles. The lowest BCUT2D eigenvalue weighted by Crippen LogP contribution is -2.23. The van der Waals surface area contributed by atoms with E-state index < -0.39 is 0 Å². The largest absolute Gasteiger partial charge is 0.383 e. The van der Waals surface area contributed by atoms with Crippen molar-refractivity contribution in [2.45, 2.75) is 13.8 Å². The molecule has 0 unspecified atom stereocenters. The number of hydrogen-bond acceptors (Lipinski definition) is 2. The summed E-state index contributed by atoms with van der Waals surface area (Å²) in [6, 6.07) is 4.57. The fraction of sp³-hybridized carbons (Fsp3) is 0.467. The average molecular weight is 286 g/mol. The molecule has 1 N–H and O–H groups in total. The molecule has 0 saturated carbocycles. The molecule has 0 saturated heterocycles. The Hall–Kier alpha value is -0.900. The smallest absolute Gasteiger partial charge is 0.125 e. The van der Waals surface area contributed by atoms with E-state index in [0.29, 0.717) is 17.5 Å². The van der Waals surface area contributed by atoms with Gasteiger partial charge in [0.15, 0.2) is 0 Å². The van der Waals surface area contributed by atoms with E-state index in [-0.39, 0.29) is 5.82 Å². The summed E-state index contributed by atoms with van der Waals surface area (Å²) in [6.07, 6.45) is 1.99. The Balaban J connectivity index is 2.76. The number of halogens is 2. The maximum absolute atomic E-state index is 13.3. The molecule has 0 radical (unpaired) electrons. The fourth-order valence-electron chi connectivity index (χ4n) is 1.70. The fourth-order valence-corrected chi connectivity index (χ4v) is 1.93. The summed E-state index contributed by atoms with van der Waals surface area (Å²) in [5, 5.41) is 3.72. The van der Waals surface area contributed by atoms with Crippen LogP contribution in [0.15, 0.2) is 23.8 Å². The van der Waals surface area contributed by atoms with Gasteiger partial charge in [0.05, 0.1) is 6.61 Å². The van der Waals surface area contributed by atoms with Crippen molar-refractivity contribution >= 4 is 17.7 Å². The molecule has 0 amide bonds. The first kappa shape index (κ1) is 16.2. The van der Waals surface area contributed by atoms with Crippen molar-refractivity contribution in [1.82, 2.24) is 5.32 Å². The van der Waals surface area contributed by atoms with Gasteiger partial charge in [-0.3, -0.25) is 0 Å². The number of methoxy groups -OCH3 is 1. The van der Waals surface area contributed by atoms with Crippen LogP contribution in [0.3, 0.4) is 0 Å². The number of hydrogen-bond donors (Lipinski definition) is 1. The van der Waals surface area contributed by atoms with Crippen LogP contribution in [0, 0.1) is 11.7 Å². The van der Waals surface area contributed by atoms with E-state index >= 15 is 0 Å². The molecule has 0 spiro atoms. The zero-order valence-corrected chi connectivity index (χ0v) is 12.4. The zero-order valence-electron chi connectivity index (χ0n) is 11.7. The average Bonchev–Trinajstić information content (AvgIpc) is 2.31. The van der Waals surface area contributed by atoms with Gasteiger partial charge >= 0.3 is 0 Å². The monoisotopic (exact) mass is 285 g/mol. The highest BCUT2D eigenvalue weighted by Gasteiger charge is 2.05. The van der Waals surface area contributed by atoms with Gasteiger partial charge in [0, 0.05) is 25.2 Å². The van der Waals surface area contributed by atoms with Crippen LogP contribution in [0.5, 0.6) is 0 Å². The van der Waals surface area contributed by atoms with Crippen molar-refractivity contribution in [2.24, 2.45) is 5.92 Å². The normalized spacial score (nSPS) is 12.2. The highest BCUT2D eigenvalue weighted by atomic mass is 35.5. The summed E-state index contributed by atoms with van der Waals surface area (Å²) < 4.78 is 18.3. The number of benzene rings is 1. The summed E-state index contributed by atoms with van der Waals surface area (Å²) >= 11 is 5.86. The third-order valence-corrected chi connectivity index (χ3v) is 3.01. The zero-order chi connectivity index (χ0) is 14.3. The van der Waals surface area contributed by atoms with Gasteiger partial charge in [0.25, 0.3) is 0 Å². The first-order valence-electron chi connectivity index (χ1n) is 6.39. The van der Waals surface area contributed by atoms with E-state index in [4.69, 9.17) is 16.3 Å². The van der Waals surface area contributed by atoms with E-state index in [1.807, 2.05) is 6.08 Å². The van der Waals surface area contributed by atoms with Crippen molar-refractivity contribution in [2.75, 3.05) is 26.8 Å². The van der Waals surface area contributed by atoms with Gasteiger partial charge in [-0.15, -0.1) is 0 Å². The Morgan fingerprint density at radius 3 is 2.74 bits per heavy atom. The number of rotatable bonds is 7. The number of ether oxygens (including phenoxy) is 1. The predicted molar refractivity (Wildman–Crippen MR) is 79.0 cm³/mol. The van der Waals surface area contributed by atoms with Crippen LogP contribution in [0.1, 0.15) is 19.4 Å². The van der Waals surface area contributed by atoms with Crippen molar-refractivity contribution in [3.8, 4) is 0 Å². The van der Waals surface area contributed by atoms with Crippen LogP contribution < -0.4 is 5.32 Å². The van der Waals surface area contributed by atoms with Crippen LogP contribution in [-0.2, 0) is 4.74 Å². The van der Waals surface area contributed by atoms with Gasteiger partial charge in [-0.2, -0.15) is 0 Å². The Kier molecular flexibility index (Phi) is 7.06. The second-order valence-corrected chi connectivity index (χ2v) is 5.18. The van der Waals surface area contributed by atoms with Crippen molar-refractivity contribution in [3.05, 3.63) is 40.2 Å². The van der Waals surface area contributed by atoms with E-state index in [0.717, 1.165) is 18.7 Å². The predicted octanol–water partition coefficient (Wildman–Crippen LogP) is 3.75. The topological polar surface area (TPSA) is 21.3 Å². The standard InChI is InChI=1S/C15H21ClFNO/c1-11(2)13(10-18-4-5-19-3)6-12-7-14(16)9-15(17)8-12/h6-9,11,18H,4-5,10H2,1-3H3/b13-6-. The Morgan fingerprint density at radius 1 is 1.42 bits per heavy atom. The lowest BCUT2D eigenvalue weighted by molar-refractivity contribution is 0.200. The van der Waals surface area contributed by atoms with Crippen LogP contribution >= 0.6 is 11.6 Å². The molecular formula is C15H21ClFNO. The van der Waals surface area contributed by atoms with Gasteiger partial charge < -0.3 is 10.1 Å². The summed E-state index contributed by atoms with van der Waals surface area (Å²) in [4.78, 5) is 0. The minimum absolute atomic E-state index is 0.311. The van der Waals surface area contributed by atoms with Crippen LogP contribution in [-0.4, -0.2) is 26.8 Å². The van der Waals surface area contributed by atoms with Crippen molar-refractivity contribution < 1.29 is 9.13 Å². The number of nitrogens with one attached hydrogen (secondary N) is 1. The van der Waals surface area contributed by atoms with E-state index in [2.05, 4.69) is 19.2 Å². The molecule has 0 aliphatic rings. The molecule has 0 aliphatic heterocycles. The van der Waals surface area contributed by atoms with Crippen molar-refractivity contribution in [3.63, 3.8) is 0 Å². The Morgan fingerprint density at radius 2 is 2.16 bits per heavy atom. The van der Waals surface area contributed by atoms with Gasteiger partial charge in [-0.05, 0) is 29.7 Å². The quantitative estimate of drug-likeness (QED) is 0.770. The highest BCUT2D eigenvalue weighted by Crippen LogP contribution is 2.19. The molecule has 0 fully saturated rings. The summed E-state index contributed by atoms with van der Waals surface area (Å²) in [6.45, 7) is 6.46. The third-order valence-electron chi connectivity index (χ3n) is 2.79. The van der Waals surface area contributed by atoms with Crippen molar-refractivity contribution in [1.29, 1.82) is 0 Å². The van der Waals surface area contributed by atoms with Gasteiger partial charge in [0.2, 0.25) is 0 Å². The molecule has 19 heavy (non-hydrogen) atoms. The molecule has 4 heteroatoms. The second kappa shape index (κ2) is 8.31. The molecule has 0 bridgehead atoms. The SMILES string of the molecule is COCCNC/C(=C/c1cc(F)cc(Cl)c1)C(C)C. The molecule has 2 nitrogen and oxygen atoms in total. The van der Waals surface area contributed by atoms with Gasteiger partial charge in [0.1, 0.15) is 5.82 Å². The molecule has 0 aromatic heterocycles. The molecule has 0 aliphatic carbocycles. The van der Waals surface area contributed by atoms with Gasteiger partial charge in [-0.25, -0.2) is 4.39 Å². The third kappa shape index (κ3) is 6.19. The molecule has 0 atom stereocenters. The van der Waals surface area contributed by atoms with Gasteiger partial charge in [-0.1, -0.05) is 37.1 Å². The molecule has 1 aromatic rings. The molecule has 106 valence electrons. The summed E-state index contributed by atoms with van der Waals surface area (Å²) in [7, 11) is 1.68. The molecular weight excluding hydrogens is 265 g/mol. The summed E-state index contributed by atoms with van der Waals surface area (Å²) in [5.41, 5.74) is 2.00. The lowest BCUT2D eigenvalue weighted by Gasteiger charge is -2.13. The highest BCUT2D eigenvalue weighted by molar-refractivity contribution is 6.30.